The van der Waals surface area contributed by atoms with Gasteiger partial charge in [0.1, 0.15) is 18.1 Å². The third-order valence-corrected chi connectivity index (χ3v) is 7.08. The lowest BCUT2D eigenvalue weighted by Crippen LogP contribution is -2.24. The Bertz CT molecular complexity index is 922. The molecule has 0 radical (unpaired) electrons. The van der Waals surface area contributed by atoms with Gasteiger partial charge in [-0.2, -0.15) is 5.10 Å². The molecule has 1 aliphatic rings. The van der Waals surface area contributed by atoms with E-state index in [1.54, 1.807) is 0 Å². The molecule has 160 valence electrons. The maximum atomic E-state index is 11.8. The van der Waals surface area contributed by atoms with E-state index in [0.717, 1.165) is 41.5 Å². The summed E-state index contributed by atoms with van der Waals surface area (Å²) < 4.78 is 36.8. The van der Waals surface area contributed by atoms with Crippen LogP contribution in [0.3, 0.4) is 0 Å². The Morgan fingerprint density at radius 3 is 2.41 bits per heavy atom. The van der Waals surface area contributed by atoms with Crippen LogP contribution in [0.25, 0.3) is 0 Å². The van der Waals surface area contributed by atoms with Crippen molar-refractivity contribution in [3.05, 3.63) is 41.2 Å². The highest BCUT2D eigenvalue weighted by molar-refractivity contribution is 7.91. The lowest BCUT2D eigenvalue weighted by atomic mass is 10.1. The molecular formula is C21H31N3O4S. The predicted molar refractivity (Wildman–Crippen MR) is 113 cm³/mol. The summed E-state index contributed by atoms with van der Waals surface area (Å²) in [4.78, 5) is 2.20. The van der Waals surface area contributed by atoms with Crippen molar-refractivity contribution in [3.63, 3.8) is 0 Å². The average molecular weight is 422 g/mol. The summed E-state index contributed by atoms with van der Waals surface area (Å²) in [6.45, 7) is 8.74. The summed E-state index contributed by atoms with van der Waals surface area (Å²) in [5.74, 6) is 2.12. The predicted octanol–water partition coefficient (Wildman–Crippen LogP) is 2.77. The average Bonchev–Trinajstić information content (AvgIpc) is 3.17. The molecule has 1 aliphatic heterocycles. The largest absolute Gasteiger partial charge is 0.494 e. The standard InChI is InChI=1S/C21H31N3O4S/c1-5-27-19-6-8-20(9-7-19)28-12-11-23(4)14-21-16(2)22-24(17(21)3)18-10-13-29(25,26)15-18/h6-9,18H,5,10-15H2,1-4H3/t18-/m1/s1. The first-order valence-electron chi connectivity index (χ1n) is 10.1. The molecule has 1 fully saturated rings. The van der Waals surface area contributed by atoms with Crippen LogP contribution in [0.15, 0.2) is 24.3 Å². The van der Waals surface area contributed by atoms with Gasteiger partial charge in [0.25, 0.3) is 0 Å². The molecule has 0 amide bonds. The van der Waals surface area contributed by atoms with Crippen molar-refractivity contribution < 1.29 is 17.9 Å². The van der Waals surface area contributed by atoms with Gasteiger partial charge in [-0.1, -0.05) is 0 Å². The summed E-state index contributed by atoms with van der Waals surface area (Å²) in [5.41, 5.74) is 3.19. The number of sulfone groups is 1. The zero-order valence-electron chi connectivity index (χ0n) is 17.7. The Labute approximate surface area is 173 Å². The molecule has 0 saturated carbocycles. The van der Waals surface area contributed by atoms with E-state index in [2.05, 4.69) is 17.0 Å². The number of aryl methyl sites for hydroxylation is 1. The summed E-state index contributed by atoms with van der Waals surface area (Å²) in [5, 5.41) is 4.64. The Morgan fingerprint density at radius 2 is 1.83 bits per heavy atom. The minimum absolute atomic E-state index is 0.0410. The number of hydrogen-bond donors (Lipinski definition) is 0. The van der Waals surface area contributed by atoms with Crippen LogP contribution in [0.2, 0.25) is 0 Å². The molecule has 8 heteroatoms. The second-order valence-corrected chi connectivity index (χ2v) is 9.87. The quantitative estimate of drug-likeness (QED) is 0.620. The lowest BCUT2D eigenvalue weighted by molar-refractivity contribution is 0.232. The monoisotopic (exact) mass is 421 g/mol. The van der Waals surface area contributed by atoms with Crippen LogP contribution in [-0.4, -0.2) is 61.4 Å². The van der Waals surface area contributed by atoms with E-state index in [0.29, 0.717) is 19.6 Å². The first kappa shape index (κ1) is 21.6. The van der Waals surface area contributed by atoms with Gasteiger partial charge in [-0.15, -0.1) is 0 Å². The summed E-state index contributed by atoms with van der Waals surface area (Å²) in [6, 6.07) is 7.61. The Hall–Kier alpha value is -2.06. The second-order valence-electron chi connectivity index (χ2n) is 7.64. The van der Waals surface area contributed by atoms with E-state index >= 15 is 0 Å². The summed E-state index contributed by atoms with van der Waals surface area (Å²) in [7, 11) is -0.874. The van der Waals surface area contributed by atoms with E-state index in [-0.39, 0.29) is 17.5 Å². The van der Waals surface area contributed by atoms with E-state index in [1.165, 1.54) is 0 Å². The molecule has 1 aromatic heterocycles. The zero-order chi connectivity index (χ0) is 21.0. The third kappa shape index (κ3) is 5.51. The summed E-state index contributed by atoms with van der Waals surface area (Å²) in [6.07, 6.45) is 0.648. The molecule has 2 aromatic rings. The van der Waals surface area contributed by atoms with Crippen molar-refractivity contribution in [1.82, 2.24) is 14.7 Å². The number of nitrogens with zero attached hydrogens (tertiary/aromatic N) is 3. The van der Waals surface area contributed by atoms with Crippen LogP contribution in [0.4, 0.5) is 0 Å². The van der Waals surface area contributed by atoms with Crippen LogP contribution in [-0.2, 0) is 16.4 Å². The third-order valence-electron chi connectivity index (χ3n) is 5.33. The highest BCUT2D eigenvalue weighted by Crippen LogP contribution is 2.27. The van der Waals surface area contributed by atoms with Gasteiger partial charge in [0, 0.05) is 24.3 Å². The molecule has 2 heterocycles. The number of aromatic nitrogens is 2. The lowest BCUT2D eigenvalue weighted by Gasteiger charge is -2.18. The number of benzene rings is 1. The van der Waals surface area contributed by atoms with Crippen molar-refractivity contribution in [2.24, 2.45) is 0 Å². The maximum Gasteiger partial charge on any atom is 0.152 e. The minimum Gasteiger partial charge on any atom is -0.494 e. The second kappa shape index (κ2) is 9.17. The maximum absolute atomic E-state index is 11.8. The van der Waals surface area contributed by atoms with Gasteiger partial charge in [-0.05, 0) is 58.5 Å². The van der Waals surface area contributed by atoms with Gasteiger partial charge in [-0.25, -0.2) is 8.42 Å². The zero-order valence-corrected chi connectivity index (χ0v) is 18.5. The van der Waals surface area contributed by atoms with E-state index in [4.69, 9.17) is 9.47 Å². The van der Waals surface area contributed by atoms with Crippen LogP contribution in [0, 0.1) is 13.8 Å². The topological polar surface area (TPSA) is 73.7 Å². The highest BCUT2D eigenvalue weighted by Gasteiger charge is 2.31. The highest BCUT2D eigenvalue weighted by atomic mass is 32.2. The van der Waals surface area contributed by atoms with E-state index in [9.17, 15) is 8.42 Å². The van der Waals surface area contributed by atoms with Gasteiger partial charge >= 0.3 is 0 Å². The molecule has 7 nitrogen and oxygen atoms in total. The number of ether oxygens (including phenoxy) is 2. The van der Waals surface area contributed by atoms with Gasteiger partial charge < -0.3 is 9.47 Å². The van der Waals surface area contributed by atoms with Crippen molar-refractivity contribution in [2.45, 2.75) is 39.8 Å². The van der Waals surface area contributed by atoms with Gasteiger partial charge in [0.05, 0.1) is 29.8 Å². The molecule has 1 atom stereocenters. The molecule has 29 heavy (non-hydrogen) atoms. The van der Waals surface area contributed by atoms with Gasteiger partial charge in [-0.3, -0.25) is 9.58 Å². The van der Waals surface area contributed by atoms with E-state index in [1.807, 2.05) is 49.7 Å². The first-order chi connectivity index (χ1) is 13.8. The van der Waals surface area contributed by atoms with Crippen molar-refractivity contribution in [1.29, 1.82) is 0 Å². The molecule has 3 rings (SSSR count). The number of hydrogen-bond acceptors (Lipinski definition) is 6. The smallest absolute Gasteiger partial charge is 0.152 e. The molecule has 0 unspecified atom stereocenters. The fraction of sp³-hybridized carbons (Fsp3) is 0.571. The number of likely N-dealkylation sites (N-methyl/N-ethyl adjacent to an activating group) is 1. The molecule has 1 aromatic carbocycles. The SMILES string of the molecule is CCOc1ccc(OCCN(C)Cc2c(C)nn([C@@H]3CCS(=O)(=O)C3)c2C)cc1. The molecule has 1 saturated heterocycles. The molecule has 0 N–H and O–H groups in total. The van der Waals surface area contributed by atoms with Crippen molar-refractivity contribution in [2.75, 3.05) is 38.3 Å². The van der Waals surface area contributed by atoms with Crippen LogP contribution >= 0.6 is 0 Å². The van der Waals surface area contributed by atoms with Crippen molar-refractivity contribution in [3.8, 4) is 11.5 Å². The number of rotatable bonds is 9. The van der Waals surface area contributed by atoms with Gasteiger partial charge in [0.15, 0.2) is 9.84 Å². The molecular weight excluding hydrogens is 390 g/mol. The normalized spacial score (nSPS) is 18.3. The Morgan fingerprint density at radius 1 is 1.17 bits per heavy atom. The summed E-state index contributed by atoms with van der Waals surface area (Å²) >= 11 is 0. The minimum atomic E-state index is -2.93. The molecule has 0 aliphatic carbocycles. The molecule has 0 bridgehead atoms. The molecule has 0 spiro atoms. The van der Waals surface area contributed by atoms with Crippen LogP contribution < -0.4 is 9.47 Å². The fourth-order valence-corrected chi connectivity index (χ4v) is 5.41. The Balaban J connectivity index is 1.53. The van der Waals surface area contributed by atoms with Crippen LogP contribution in [0.5, 0.6) is 11.5 Å². The Kier molecular flexibility index (Phi) is 6.85. The fourth-order valence-electron chi connectivity index (χ4n) is 3.72. The van der Waals surface area contributed by atoms with Crippen LogP contribution in [0.1, 0.15) is 36.3 Å². The van der Waals surface area contributed by atoms with E-state index < -0.39 is 9.84 Å². The van der Waals surface area contributed by atoms with Crippen molar-refractivity contribution >= 4 is 9.84 Å². The first-order valence-corrected chi connectivity index (χ1v) is 11.9. The van der Waals surface area contributed by atoms with Gasteiger partial charge in [0.2, 0.25) is 0 Å².